The number of nitrogens with zero attached hydrogens (tertiary/aromatic N) is 4. The second-order valence-electron chi connectivity index (χ2n) is 5.11. The van der Waals surface area contributed by atoms with Crippen LogP contribution in [0.15, 0.2) is 56.7 Å². The molecule has 0 spiro atoms. The SMILES string of the molecule is Cc1cnc(NC(=O)C2=C3C=C4CC4=C3N=N2)c(C#N)c1. The van der Waals surface area contributed by atoms with Gasteiger partial charge in [0.2, 0.25) is 0 Å². The van der Waals surface area contributed by atoms with Gasteiger partial charge in [0.25, 0.3) is 5.91 Å². The summed E-state index contributed by atoms with van der Waals surface area (Å²) in [5.41, 5.74) is 5.47. The van der Waals surface area contributed by atoms with E-state index < -0.39 is 5.91 Å². The van der Waals surface area contributed by atoms with E-state index in [1.165, 1.54) is 11.1 Å². The van der Waals surface area contributed by atoms with Crippen LogP contribution in [-0.4, -0.2) is 10.9 Å². The molecule has 0 unspecified atom stereocenters. The van der Waals surface area contributed by atoms with Crippen molar-refractivity contribution in [2.75, 3.05) is 5.32 Å². The Morgan fingerprint density at radius 2 is 2.29 bits per heavy atom. The maximum Gasteiger partial charge on any atom is 0.278 e. The zero-order valence-corrected chi connectivity index (χ0v) is 11.1. The fourth-order valence-corrected chi connectivity index (χ4v) is 2.46. The van der Waals surface area contributed by atoms with E-state index in [0.29, 0.717) is 5.56 Å². The summed E-state index contributed by atoms with van der Waals surface area (Å²) >= 11 is 0. The third kappa shape index (κ3) is 1.71. The Labute approximate surface area is 120 Å². The fourth-order valence-electron chi connectivity index (χ4n) is 2.46. The number of allylic oxidation sites excluding steroid dienone is 3. The summed E-state index contributed by atoms with van der Waals surface area (Å²) in [6.45, 7) is 1.84. The highest BCUT2D eigenvalue weighted by molar-refractivity contribution is 6.06. The molecule has 1 N–H and O–H groups in total. The molecule has 21 heavy (non-hydrogen) atoms. The number of hydrogen-bond donors (Lipinski definition) is 1. The molecular weight excluding hydrogens is 266 g/mol. The maximum atomic E-state index is 12.3. The van der Waals surface area contributed by atoms with Gasteiger partial charge in [0.15, 0.2) is 11.5 Å². The molecule has 1 aromatic heterocycles. The minimum absolute atomic E-state index is 0.244. The molecule has 1 aliphatic heterocycles. The largest absolute Gasteiger partial charge is 0.304 e. The van der Waals surface area contributed by atoms with Gasteiger partial charge in [-0.15, -0.1) is 10.2 Å². The summed E-state index contributed by atoms with van der Waals surface area (Å²) in [6, 6.07) is 3.70. The maximum absolute atomic E-state index is 12.3. The summed E-state index contributed by atoms with van der Waals surface area (Å²) in [6.07, 6.45) is 4.50. The van der Waals surface area contributed by atoms with Crippen molar-refractivity contribution in [2.24, 2.45) is 10.2 Å². The second-order valence-corrected chi connectivity index (χ2v) is 5.11. The van der Waals surface area contributed by atoms with Crippen molar-refractivity contribution >= 4 is 11.7 Å². The number of fused-ring (bicyclic) bond motifs is 2. The number of rotatable bonds is 2. The van der Waals surface area contributed by atoms with Crippen molar-refractivity contribution < 1.29 is 4.79 Å². The Bertz CT molecular complexity index is 880. The van der Waals surface area contributed by atoms with Crippen molar-refractivity contribution in [1.82, 2.24) is 4.98 Å². The highest BCUT2D eigenvalue weighted by Gasteiger charge is 2.38. The van der Waals surface area contributed by atoms with Crippen LogP contribution in [0.1, 0.15) is 17.5 Å². The molecule has 0 radical (unpaired) electrons. The number of amides is 1. The first-order valence-electron chi connectivity index (χ1n) is 6.46. The van der Waals surface area contributed by atoms with Gasteiger partial charge in [-0.1, -0.05) is 0 Å². The number of aromatic nitrogens is 1. The first-order chi connectivity index (χ1) is 10.2. The van der Waals surface area contributed by atoms with E-state index in [-0.39, 0.29) is 11.5 Å². The topological polar surface area (TPSA) is 90.5 Å². The van der Waals surface area contributed by atoms with E-state index in [9.17, 15) is 4.79 Å². The third-order valence-corrected chi connectivity index (χ3v) is 3.59. The van der Waals surface area contributed by atoms with Gasteiger partial charge in [0.1, 0.15) is 6.07 Å². The normalized spacial score (nSPS) is 17.4. The Kier molecular flexibility index (Phi) is 2.21. The molecule has 4 rings (SSSR count). The number of azo groups is 1. The van der Waals surface area contributed by atoms with E-state index in [4.69, 9.17) is 5.26 Å². The van der Waals surface area contributed by atoms with Crippen molar-refractivity contribution in [3.05, 3.63) is 57.6 Å². The van der Waals surface area contributed by atoms with Crippen LogP contribution < -0.4 is 5.32 Å². The van der Waals surface area contributed by atoms with Crippen LogP contribution in [0.4, 0.5) is 5.82 Å². The molecule has 1 fully saturated rings. The van der Waals surface area contributed by atoms with Gasteiger partial charge >= 0.3 is 0 Å². The molecule has 0 aromatic carbocycles. The quantitative estimate of drug-likeness (QED) is 0.899. The zero-order valence-electron chi connectivity index (χ0n) is 11.1. The second kappa shape index (κ2) is 3.96. The molecule has 1 aromatic rings. The average molecular weight is 275 g/mol. The van der Waals surface area contributed by atoms with E-state index >= 15 is 0 Å². The molecule has 2 heterocycles. The van der Waals surface area contributed by atoms with Gasteiger partial charge in [-0.25, -0.2) is 4.98 Å². The van der Waals surface area contributed by atoms with E-state index in [2.05, 4.69) is 20.5 Å². The lowest BCUT2D eigenvalue weighted by atomic mass is 10.1. The van der Waals surface area contributed by atoms with Crippen LogP contribution in [0.5, 0.6) is 0 Å². The predicted octanol–water partition coefficient (Wildman–Crippen LogP) is 2.52. The van der Waals surface area contributed by atoms with Crippen LogP contribution in [0.3, 0.4) is 0 Å². The highest BCUT2D eigenvalue weighted by Crippen LogP contribution is 2.51. The Hall–Kier alpha value is -3.07. The van der Waals surface area contributed by atoms with Gasteiger partial charge in [-0.05, 0) is 35.8 Å². The van der Waals surface area contributed by atoms with Gasteiger partial charge < -0.3 is 5.32 Å². The van der Waals surface area contributed by atoms with Crippen LogP contribution in [0, 0.1) is 18.3 Å². The van der Waals surface area contributed by atoms with E-state index in [1.807, 2.05) is 19.1 Å². The Balaban J connectivity index is 1.65. The molecule has 1 saturated carbocycles. The number of anilines is 1. The van der Waals surface area contributed by atoms with Crippen LogP contribution in [0.25, 0.3) is 0 Å². The van der Waals surface area contributed by atoms with Crippen LogP contribution in [0.2, 0.25) is 0 Å². The van der Waals surface area contributed by atoms with Crippen molar-refractivity contribution in [1.29, 1.82) is 5.26 Å². The molecule has 6 nitrogen and oxygen atoms in total. The fraction of sp³-hybridized carbons (Fsp3) is 0.133. The van der Waals surface area contributed by atoms with Crippen LogP contribution in [-0.2, 0) is 4.79 Å². The van der Waals surface area contributed by atoms with Crippen LogP contribution >= 0.6 is 0 Å². The Morgan fingerprint density at radius 1 is 1.43 bits per heavy atom. The predicted molar refractivity (Wildman–Crippen MR) is 73.9 cm³/mol. The summed E-state index contributed by atoms with van der Waals surface area (Å²) in [5.74, 6) is -0.149. The standard InChI is InChI=1S/C15H9N5O/c1-7-2-9(5-16)14(17-6-7)18-15(21)13-11-4-8-3-10(8)12(11)19-20-13/h2,4,6H,3H2,1H3,(H,17,18,21). The number of nitriles is 1. The summed E-state index contributed by atoms with van der Waals surface area (Å²) < 4.78 is 0. The minimum Gasteiger partial charge on any atom is -0.304 e. The molecule has 100 valence electrons. The van der Waals surface area contributed by atoms with Crippen molar-refractivity contribution in [3.63, 3.8) is 0 Å². The number of nitrogens with one attached hydrogen (secondary N) is 1. The summed E-state index contributed by atoms with van der Waals surface area (Å²) in [7, 11) is 0. The third-order valence-electron chi connectivity index (χ3n) is 3.59. The minimum atomic E-state index is -0.393. The molecule has 0 atom stereocenters. The van der Waals surface area contributed by atoms with E-state index in [1.54, 1.807) is 12.3 Å². The Morgan fingerprint density at radius 3 is 3.10 bits per heavy atom. The number of carbonyl (C=O) groups excluding carboxylic acids is 1. The molecule has 0 bridgehead atoms. The lowest BCUT2D eigenvalue weighted by molar-refractivity contribution is -0.112. The molecular formula is C15H9N5O. The van der Waals surface area contributed by atoms with Crippen molar-refractivity contribution in [2.45, 2.75) is 13.3 Å². The van der Waals surface area contributed by atoms with Gasteiger partial charge in [0, 0.05) is 18.2 Å². The molecule has 1 amide bonds. The monoisotopic (exact) mass is 275 g/mol. The lowest BCUT2D eigenvalue weighted by Crippen LogP contribution is -2.15. The molecule has 6 heteroatoms. The lowest BCUT2D eigenvalue weighted by Gasteiger charge is -2.06. The zero-order chi connectivity index (χ0) is 14.6. The number of carbonyl (C=O) groups is 1. The smallest absolute Gasteiger partial charge is 0.278 e. The van der Waals surface area contributed by atoms with Gasteiger partial charge in [-0.3, -0.25) is 4.79 Å². The first-order valence-corrected chi connectivity index (χ1v) is 6.46. The highest BCUT2D eigenvalue weighted by atomic mass is 16.2. The molecule has 3 aliphatic rings. The molecule has 0 saturated heterocycles. The number of hydrogen-bond acceptors (Lipinski definition) is 5. The van der Waals surface area contributed by atoms with Gasteiger partial charge in [0.05, 0.1) is 11.3 Å². The first kappa shape index (κ1) is 11.7. The molecule has 2 aliphatic carbocycles. The van der Waals surface area contributed by atoms with E-state index in [0.717, 1.165) is 23.3 Å². The van der Waals surface area contributed by atoms with Gasteiger partial charge in [-0.2, -0.15) is 5.26 Å². The van der Waals surface area contributed by atoms with Crippen molar-refractivity contribution in [3.8, 4) is 6.07 Å². The average Bonchev–Trinajstić information content (AvgIpc) is 2.95. The summed E-state index contributed by atoms with van der Waals surface area (Å²) in [4.78, 5) is 16.4. The number of aryl methyl sites for hydroxylation is 1. The number of pyridine rings is 1. The summed E-state index contributed by atoms with van der Waals surface area (Å²) in [5, 5.41) is 19.7.